The summed E-state index contributed by atoms with van der Waals surface area (Å²) < 4.78 is 5.51. The molecule has 0 aromatic carbocycles. The van der Waals surface area contributed by atoms with Crippen molar-refractivity contribution >= 4 is 5.97 Å². The van der Waals surface area contributed by atoms with Gasteiger partial charge in [0.05, 0.1) is 6.10 Å². The predicted molar refractivity (Wildman–Crippen MR) is 69.5 cm³/mol. The molecule has 104 valence electrons. The van der Waals surface area contributed by atoms with Gasteiger partial charge in [-0.1, -0.05) is 20.3 Å². The summed E-state index contributed by atoms with van der Waals surface area (Å²) >= 11 is 0. The highest BCUT2D eigenvalue weighted by atomic mass is 16.5. The Morgan fingerprint density at radius 2 is 2.11 bits per heavy atom. The maximum atomic E-state index is 10.8. The fraction of sp³-hybridized carbons (Fsp3) is 0.929. The molecule has 0 aromatic heterocycles. The van der Waals surface area contributed by atoms with Gasteiger partial charge in [-0.2, -0.15) is 0 Å². The van der Waals surface area contributed by atoms with Crippen molar-refractivity contribution in [2.45, 2.75) is 64.2 Å². The fourth-order valence-electron chi connectivity index (χ4n) is 3.43. The third kappa shape index (κ3) is 3.04. The van der Waals surface area contributed by atoms with E-state index in [2.05, 4.69) is 19.2 Å². The summed E-state index contributed by atoms with van der Waals surface area (Å²) in [7, 11) is 0. The Hall–Kier alpha value is -0.610. The van der Waals surface area contributed by atoms with E-state index >= 15 is 0 Å². The molecule has 0 spiro atoms. The van der Waals surface area contributed by atoms with E-state index < -0.39 is 12.1 Å². The Kier molecular flexibility index (Phi) is 4.62. The van der Waals surface area contributed by atoms with Crippen LogP contribution in [0.15, 0.2) is 0 Å². The number of aliphatic carboxylic acids is 1. The summed E-state index contributed by atoms with van der Waals surface area (Å²) in [6.07, 6.45) is 4.84. The van der Waals surface area contributed by atoms with E-state index in [1.54, 1.807) is 0 Å². The topological polar surface area (TPSA) is 58.6 Å². The minimum absolute atomic E-state index is 0.0824. The lowest BCUT2D eigenvalue weighted by Gasteiger charge is -2.22. The molecule has 0 radical (unpaired) electrons. The number of carboxylic acids is 1. The van der Waals surface area contributed by atoms with Gasteiger partial charge in [-0.3, -0.25) is 0 Å². The number of carbonyl (C=O) groups is 1. The number of hydrogen-bond donors (Lipinski definition) is 2. The first-order valence-corrected chi connectivity index (χ1v) is 7.23. The van der Waals surface area contributed by atoms with Gasteiger partial charge in [0.25, 0.3) is 0 Å². The first-order valence-electron chi connectivity index (χ1n) is 7.23. The zero-order valence-electron chi connectivity index (χ0n) is 11.4. The second-order valence-electron chi connectivity index (χ2n) is 5.78. The van der Waals surface area contributed by atoms with E-state index in [1.807, 2.05) is 0 Å². The molecule has 18 heavy (non-hydrogen) atoms. The zero-order valence-corrected chi connectivity index (χ0v) is 11.4. The van der Waals surface area contributed by atoms with Crippen LogP contribution >= 0.6 is 0 Å². The van der Waals surface area contributed by atoms with E-state index in [0.717, 1.165) is 24.8 Å². The van der Waals surface area contributed by atoms with Crippen molar-refractivity contribution in [1.29, 1.82) is 0 Å². The molecule has 1 aliphatic heterocycles. The van der Waals surface area contributed by atoms with Crippen molar-refractivity contribution in [1.82, 2.24) is 5.32 Å². The van der Waals surface area contributed by atoms with E-state index in [9.17, 15) is 4.79 Å². The van der Waals surface area contributed by atoms with Crippen LogP contribution in [-0.4, -0.2) is 35.9 Å². The molecule has 0 amide bonds. The Labute approximate surface area is 109 Å². The third-order valence-corrected chi connectivity index (χ3v) is 4.74. The predicted octanol–water partition coefficient (Wildman–Crippen LogP) is 2.03. The second-order valence-corrected chi connectivity index (χ2v) is 5.78. The lowest BCUT2D eigenvalue weighted by molar-refractivity contribution is -0.149. The molecule has 4 nitrogen and oxygen atoms in total. The Morgan fingerprint density at radius 1 is 1.33 bits per heavy atom. The van der Waals surface area contributed by atoms with Crippen LogP contribution in [0.5, 0.6) is 0 Å². The van der Waals surface area contributed by atoms with Crippen molar-refractivity contribution in [3.8, 4) is 0 Å². The summed E-state index contributed by atoms with van der Waals surface area (Å²) in [5.41, 5.74) is 0. The highest BCUT2D eigenvalue weighted by molar-refractivity contribution is 5.72. The molecule has 2 rings (SSSR count). The van der Waals surface area contributed by atoms with Crippen LogP contribution in [0, 0.1) is 11.8 Å². The number of hydrogen-bond acceptors (Lipinski definition) is 3. The van der Waals surface area contributed by atoms with Gasteiger partial charge >= 0.3 is 5.97 Å². The molecule has 5 unspecified atom stereocenters. The molecule has 1 heterocycles. The molecule has 1 aliphatic carbocycles. The van der Waals surface area contributed by atoms with Crippen LogP contribution in [0.4, 0.5) is 0 Å². The van der Waals surface area contributed by atoms with Crippen LogP contribution < -0.4 is 5.32 Å². The fourth-order valence-corrected chi connectivity index (χ4v) is 3.43. The van der Waals surface area contributed by atoms with Crippen molar-refractivity contribution in [3.05, 3.63) is 0 Å². The van der Waals surface area contributed by atoms with Gasteiger partial charge < -0.3 is 15.2 Å². The Bertz CT molecular complexity index is 295. The number of rotatable bonds is 5. The lowest BCUT2D eigenvalue weighted by atomic mass is 9.93. The molecule has 0 bridgehead atoms. The molecule has 2 fully saturated rings. The van der Waals surface area contributed by atoms with Crippen LogP contribution in [0.1, 0.15) is 46.0 Å². The SMILES string of the molecule is CCC1CCC(NCC2CCC(C(=O)O)O2)C1C. The summed E-state index contributed by atoms with van der Waals surface area (Å²) in [5, 5.41) is 12.5. The van der Waals surface area contributed by atoms with Gasteiger partial charge in [0.15, 0.2) is 6.10 Å². The van der Waals surface area contributed by atoms with Crippen LogP contribution in [-0.2, 0) is 9.53 Å². The average molecular weight is 255 g/mol. The molecule has 5 atom stereocenters. The Morgan fingerprint density at radius 3 is 2.67 bits per heavy atom. The molecular formula is C14H25NO3. The normalized spacial score (nSPS) is 40.2. The molecule has 1 saturated heterocycles. The van der Waals surface area contributed by atoms with E-state index in [-0.39, 0.29) is 6.10 Å². The highest BCUT2D eigenvalue weighted by Gasteiger charge is 2.34. The van der Waals surface area contributed by atoms with Gasteiger partial charge in [-0.05, 0) is 37.5 Å². The minimum atomic E-state index is -0.821. The number of ether oxygens (including phenoxy) is 1. The number of nitrogens with one attached hydrogen (secondary N) is 1. The van der Waals surface area contributed by atoms with Crippen molar-refractivity contribution in [2.24, 2.45) is 11.8 Å². The van der Waals surface area contributed by atoms with Crippen molar-refractivity contribution in [3.63, 3.8) is 0 Å². The first kappa shape index (κ1) is 13.8. The van der Waals surface area contributed by atoms with Crippen LogP contribution in [0.3, 0.4) is 0 Å². The van der Waals surface area contributed by atoms with E-state index in [1.165, 1.54) is 19.3 Å². The maximum absolute atomic E-state index is 10.8. The van der Waals surface area contributed by atoms with Crippen LogP contribution in [0.2, 0.25) is 0 Å². The van der Waals surface area contributed by atoms with Crippen molar-refractivity contribution < 1.29 is 14.6 Å². The lowest BCUT2D eigenvalue weighted by Crippen LogP contribution is -2.38. The quantitative estimate of drug-likeness (QED) is 0.789. The highest BCUT2D eigenvalue weighted by Crippen LogP contribution is 2.34. The largest absolute Gasteiger partial charge is 0.479 e. The third-order valence-electron chi connectivity index (χ3n) is 4.74. The molecule has 1 saturated carbocycles. The molecule has 4 heteroatoms. The van der Waals surface area contributed by atoms with Gasteiger partial charge in [0.1, 0.15) is 0 Å². The van der Waals surface area contributed by atoms with E-state index in [4.69, 9.17) is 9.84 Å². The molecular weight excluding hydrogens is 230 g/mol. The molecule has 0 aromatic rings. The van der Waals surface area contributed by atoms with Gasteiger partial charge in [0.2, 0.25) is 0 Å². The summed E-state index contributed by atoms with van der Waals surface area (Å²) in [6.45, 7) is 5.39. The van der Waals surface area contributed by atoms with Crippen molar-refractivity contribution in [2.75, 3.05) is 6.54 Å². The standard InChI is InChI=1S/C14H25NO3/c1-3-10-4-6-12(9(10)2)15-8-11-5-7-13(18-11)14(16)17/h9-13,15H,3-8H2,1-2H3,(H,16,17). The van der Waals surface area contributed by atoms with Gasteiger partial charge in [0, 0.05) is 12.6 Å². The smallest absolute Gasteiger partial charge is 0.332 e. The summed E-state index contributed by atoms with van der Waals surface area (Å²) in [4.78, 5) is 10.8. The molecule has 2 N–H and O–H groups in total. The summed E-state index contributed by atoms with van der Waals surface area (Å²) in [6, 6.07) is 0.586. The minimum Gasteiger partial charge on any atom is -0.479 e. The number of carboxylic acid groups (broad SMARTS) is 1. The van der Waals surface area contributed by atoms with Gasteiger partial charge in [-0.25, -0.2) is 4.79 Å². The summed E-state index contributed by atoms with van der Waals surface area (Å²) in [5.74, 6) is 0.753. The van der Waals surface area contributed by atoms with Crippen LogP contribution in [0.25, 0.3) is 0 Å². The second kappa shape index (κ2) is 6.02. The monoisotopic (exact) mass is 255 g/mol. The first-order chi connectivity index (χ1) is 8.61. The maximum Gasteiger partial charge on any atom is 0.332 e. The van der Waals surface area contributed by atoms with E-state index in [0.29, 0.717) is 12.5 Å². The average Bonchev–Trinajstić information content (AvgIpc) is 2.93. The zero-order chi connectivity index (χ0) is 13.1. The van der Waals surface area contributed by atoms with Gasteiger partial charge in [-0.15, -0.1) is 0 Å². The Balaban J connectivity index is 1.71. The molecule has 2 aliphatic rings.